The summed E-state index contributed by atoms with van der Waals surface area (Å²) in [5.74, 6) is 0.925. The zero-order valence-electron chi connectivity index (χ0n) is 9.99. The topological polar surface area (TPSA) is 103 Å². The Balaban J connectivity index is 1.93. The minimum atomic E-state index is -3.57. The first-order valence-corrected chi connectivity index (χ1v) is 6.72. The Hall–Kier alpha value is -1.74. The van der Waals surface area contributed by atoms with Gasteiger partial charge in [-0.2, -0.15) is 4.98 Å². The molecular formula is C9H13N5O3S. The van der Waals surface area contributed by atoms with Gasteiger partial charge in [0, 0.05) is 33.1 Å². The van der Waals surface area contributed by atoms with E-state index in [2.05, 4.69) is 19.8 Å². The van der Waals surface area contributed by atoms with Crippen molar-refractivity contribution in [2.45, 2.75) is 18.4 Å². The second kappa shape index (κ2) is 4.86. The summed E-state index contributed by atoms with van der Waals surface area (Å²) in [6, 6.07) is 0. The van der Waals surface area contributed by atoms with Crippen LogP contribution in [-0.2, 0) is 23.5 Å². The molecular weight excluding hydrogens is 258 g/mol. The maximum absolute atomic E-state index is 11.8. The van der Waals surface area contributed by atoms with E-state index in [-0.39, 0.29) is 11.6 Å². The Labute approximate surface area is 104 Å². The predicted octanol–water partition coefficient (Wildman–Crippen LogP) is -0.367. The van der Waals surface area contributed by atoms with E-state index in [1.165, 1.54) is 12.5 Å². The zero-order chi connectivity index (χ0) is 13.2. The van der Waals surface area contributed by atoms with E-state index in [0.29, 0.717) is 18.1 Å². The molecule has 2 rings (SSSR count). The molecule has 2 heterocycles. The second-order valence-electron chi connectivity index (χ2n) is 3.75. The first-order valence-electron chi connectivity index (χ1n) is 5.24. The maximum Gasteiger partial charge on any atom is 0.259 e. The van der Waals surface area contributed by atoms with Crippen LogP contribution >= 0.6 is 0 Å². The van der Waals surface area contributed by atoms with Gasteiger partial charge in [-0.15, -0.1) is 0 Å². The fraction of sp³-hybridized carbons (Fsp3) is 0.444. The Bertz CT molecular complexity index is 630. The molecule has 0 radical (unpaired) electrons. The van der Waals surface area contributed by atoms with E-state index >= 15 is 0 Å². The molecule has 0 saturated heterocycles. The van der Waals surface area contributed by atoms with Gasteiger partial charge in [-0.25, -0.2) is 18.1 Å². The molecule has 2 aromatic heterocycles. The van der Waals surface area contributed by atoms with E-state index in [1.54, 1.807) is 18.5 Å². The molecule has 0 atom stereocenters. The lowest BCUT2D eigenvalue weighted by Gasteiger charge is -2.01. The molecule has 0 aliphatic carbocycles. The van der Waals surface area contributed by atoms with E-state index in [1.807, 2.05) is 0 Å². The Morgan fingerprint density at radius 2 is 2.28 bits per heavy atom. The van der Waals surface area contributed by atoms with Crippen LogP contribution < -0.4 is 4.72 Å². The van der Waals surface area contributed by atoms with Gasteiger partial charge in [0.05, 0.1) is 6.33 Å². The summed E-state index contributed by atoms with van der Waals surface area (Å²) >= 11 is 0. The number of hydrogen-bond acceptors (Lipinski definition) is 6. The van der Waals surface area contributed by atoms with Gasteiger partial charge in [0.2, 0.25) is 5.89 Å². The van der Waals surface area contributed by atoms with Crippen molar-refractivity contribution in [2.75, 3.05) is 6.54 Å². The molecule has 9 heteroatoms. The van der Waals surface area contributed by atoms with E-state index in [0.717, 1.165) is 0 Å². The summed E-state index contributed by atoms with van der Waals surface area (Å²) in [7, 11) is -1.87. The number of imidazole rings is 1. The molecule has 8 nitrogen and oxygen atoms in total. The third-order valence-corrected chi connectivity index (χ3v) is 3.51. The predicted molar refractivity (Wildman–Crippen MR) is 61.1 cm³/mol. The minimum Gasteiger partial charge on any atom is -0.340 e. The highest BCUT2D eigenvalue weighted by Gasteiger charge is 2.16. The molecule has 0 bridgehead atoms. The molecule has 0 saturated carbocycles. The standard InChI is InChI=1S/C9H13N5O3S/c1-7-12-8(13-17-7)3-4-11-18(15,16)9-5-14(2)6-10-9/h5-6,11H,3-4H2,1-2H3. The first kappa shape index (κ1) is 12.7. The first-order chi connectivity index (χ1) is 8.47. The number of aromatic nitrogens is 4. The van der Waals surface area contributed by atoms with Crippen molar-refractivity contribution in [1.82, 2.24) is 24.4 Å². The van der Waals surface area contributed by atoms with Crippen molar-refractivity contribution < 1.29 is 12.9 Å². The summed E-state index contributed by atoms with van der Waals surface area (Å²) in [4.78, 5) is 7.75. The average molecular weight is 271 g/mol. The third-order valence-electron chi connectivity index (χ3n) is 2.17. The fourth-order valence-corrected chi connectivity index (χ4v) is 2.35. The molecule has 0 unspecified atom stereocenters. The largest absolute Gasteiger partial charge is 0.340 e. The summed E-state index contributed by atoms with van der Waals surface area (Å²) in [6.45, 7) is 1.87. The van der Waals surface area contributed by atoms with Crippen LogP contribution in [0.15, 0.2) is 22.1 Å². The van der Waals surface area contributed by atoms with Crippen LogP contribution in [0.5, 0.6) is 0 Å². The molecule has 0 fully saturated rings. The van der Waals surface area contributed by atoms with Crippen molar-refractivity contribution in [1.29, 1.82) is 0 Å². The van der Waals surface area contributed by atoms with Gasteiger partial charge in [0.25, 0.3) is 10.0 Å². The van der Waals surface area contributed by atoms with Crippen molar-refractivity contribution in [3.05, 3.63) is 24.2 Å². The van der Waals surface area contributed by atoms with Gasteiger partial charge in [-0.3, -0.25) is 0 Å². The van der Waals surface area contributed by atoms with Gasteiger partial charge >= 0.3 is 0 Å². The van der Waals surface area contributed by atoms with Crippen molar-refractivity contribution in [2.24, 2.45) is 7.05 Å². The van der Waals surface area contributed by atoms with Crippen molar-refractivity contribution in [3.63, 3.8) is 0 Å². The zero-order valence-corrected chi connectivity index (χ0v) is 10.8. The van der Waals surface area contributed by atoms with Crippen molar-refractivity contribution in [3.8, 4) is 0 Å². The van der Waals surface area contributed by atoms with Gasteiger partial charge in [0.1, 0.15) is 0 Å². The van der Waals surface area contributed by atoms with E-state index in [4.69, 9.17) is 4.52 Å². The second-order valence-corrected chi connectivity index (χ2v) is 5.47. The van der Waals surface area contributed by atoms with Crippen molar-refractivity contribution >= 4 is 10.0 Å². The summed E-state index contributed by atoms with van der Waals surface area (Å²) < 4.78 is 32.3. The lowest BCUT2D eigenvalue weighted by atomic mass is 10.4. The average Bonchev–Trinajstić information content (AvgIpc) is 2.88. The molecule has 0 aliphatic rings. The monoisotopic (exact) mass is 271 g/mol. The summed E-state index contributed by atoms with van der Waals surface area (Å²) in [5, 5.41) is 3.67. The van der Waals surface area contributed by atoms with Crippen LogP contribution in [0.1, 0.15) is 11.7 Å². The quantitative estimate of drug-likeness (QED) is 0.796. The molecule has 0 aliphatic heterocycles. The van der Waals surface area contributed by atoms with Gasteiger partial charge in [-0.05, 0) is 0 Å². The third kappa shape index (κ3) is 2.93. The molecule has 0 spiro atoms. The van der Waals surface area contributed by atoms with Crippen LogP contribution in [0.2, 0.25) is 0 Å². The van der Waals surface area contributed by atoms with E-state index < -0.39 is 10.0 Å². The van der Waals surface area contributed by atoms with Gasteiger partial charge < -0.3 is 9.09 Å². The number of aryl methyl sites for hydroxylation is 2. The van der Waals surface area contributed by atoms with Crippen LogP contribution in [0.25, 0.3) is 0 Å². The molecule has 0 aromatic carbocycles. The minimum absolute atomic E-state index is 0.00528. The number of rotatable bonds is 5. The molecule has 1 N–H and O–H groups in total. The highest BCUT2D eigenvalue weighted by atomic mass is 32.2. The lowest BCUT2D eigenvalue weighted by molar-refractivity contribution is 0.387. The smallest absolute Gasteiger partial charge is 0.259 e. The molecule has 18 heavy (non-hydrogen) atoms. The van der Waals surface area contributed by atoms with Gasteiger partial charge in [-0.1, -0.05) is 5.16 Å². The number of nitrogens with one attached hydrogen (secondary N) is 1. The number of sulfonamides is 1. The number of hydrogen-bond donors (Lipinski definition) is 1. The molecule has 98 valence electrons. The maximum atomic E-state index is 11.8. The Morgan fingerprint density at radius 1 is 1.50 bits per heavy atom. The highest BCUT2D eigenvalue weighted by Crippen LogP contribution is 2.03. The van der Waals surface area contributed by atoms with E-state index in [9.17, 15) is 8.42 Å². The Morgan fingerprint density at radius 3 is 2.83 bits per heavy atom. The highest BCUT2D eigenvalue weighted by molar-refractivity contribution is 7.89. The lowest BCUT2D eigenvalue weighted by Crippen LogP contribution is -2.26. The van der Waals surface area contributed by atoms with Crippen LogP contribution in [0, 0.1) is 6.92 Å². The SMILES string of the molecule is Cc1nc(CCNS(=O)(=O)c2cn(C)cn2)no1. The van der Waals surface area contributed by atoms with Crippen LogP contribution in [0.3, 0.4) is 0 Å². The molecule has 2 aromatic rings. The normalized spacial score (nSPS) is 11.9. The van der Waals surface area contributed by atoms with Gasteiger partial charge in [0.15, 0.2) is 10.9 Å². The fourth-order valence-electron chi connectivity index (χ4n) is 1.34. The van der Waals surface area contributed by atoms with Crippen LogP contribution in [-0.4, -0.2) is 34.7 Å². The summed E-state index contributed by atoms with van der Waals surface area (Å²) in [5.41, 5.74) is 0. The number of nitrogens with zero attached hydrogens (tertiary/aromatic N) is 4. The summed E-state index contributed by atoms with van der Waals surface area (Å²) in [6.07, 6.45) is 3.22. The molecule has 0 amide bonds. The van der Waals surface area contributed by atoms with Crippen LogP contribution in [0.4, 0.5) is 0 Å². The Kier molecular flexibility index (Phi) is 3.43.